The second kappa shape index (κ2) is 4.73. The van der Waals surface area contributed by atoms with Gasteiger partial charge in [0.2, 0.25) is 0 Å². The van der Waals surface area contributed by atoms with Crippen molar-refractivity contribution in [2.24, 2.45) is 5.92 Å². The molecule has 2 aliphatic heterocycles. The lowest BCUT2D eigenvalue weighted by Gasteiger charge is -2.36. The van der Waals surface area contributed by atoms with Crippen LogP contribution in [0.5, 0.6) is 0 Å². The number of carbonyl (C=O) groups excluding carboxylic acids is 1. The molecule has 0 radical (unpaired) electrons. The summed E-state index contributed by atoms with van der Waals surface area (Å²) in [5, 5.41) is 3.55. The third-order valence-corrected chi connectivity index (χ3v) is 4.38. The van der Waals surface area contributed by atoms with E-state index >= 15 is 0 Å². The lowest BCUT2D eigenvalue weighted by atomic mass is 9.77. The SMILES string of the molecule is COC(=O)[C@H]1[C@@H](c2ccccc2)C[C@@H]2CC[C@H]1N2. The third-order valence-electron chi connectivity index (χ3n) is 4.38. The van der Waals surface area contributed by atoms with Crippen LogP contribution < -0.4 is 5.32 Å². The van der Waals surface area contributed by atoms with Gasteiger partial charge in [-0.1, -0.05) is 30.3 Å². The van der Waals surface area contributed by atoms with Crippen LogP contribution >= 0.6 is 0 Å². The molecule has 0 saturated carbocycles. The van der Waals surface area contributed by atoms with Gasteiger partial charge in [0.15, 0.2) is 0 Å². The maximum Gasteiger partial charge on any atom is 0.310 e. The standard InChI is InChI=1S/C15H19NO2/c1-18-15(17)14-12(10-5-3-2-4-6-10)9-11-7-8-13(14)16-11/h2-6,11-14,16H,7-9H2,1H3/t11-,12+,13+,14-/m0/s1. The first-order valence-corrected chi connectivity index (χ1v) is 6.68. The lowest BCUT2D eigenvalue weighted by Crippen LogP contribution is -2.48. The Balaban J connectivity index is 1.93. The summed E-state index contributed by atoms with van der Waals surface area (Å²) in [5.41, 5.74) is 1.27. The Morgan fingerprint density at radius 2 is 2.06 bits per heavy atom. The molecule has 3 heteroatoms. The van der Waals surface area contributed by atoms with Crippen LogP contribution in [-0.4, -0.2) is 25.2 Å². The van der Waals surface area contributed by atoms with Gasteiger partial charge in [-0.2, -0.15) is 0 Å². The molecule has 1 aromatic carbocycles. The average molecular weight is 245 g/mol. The van der Waals surface area contributed by atoms with E-state index in [-0.39, 0.29) is 11.9 Å². The van der Waals surface area contributed by atoms with Crippen molar-refractivity contribution in [3.8, 4) is 0 Å². The van der Waals surface area contributed by atoms with Crippen LogP contribution in [0, 0.1) is 5.92 Å². The average Bonchev–Trinajstić information content (AvgIpc) is 2.80. The largest absolute Gasteiger partial charge is 0.469 e. The number of hydrogen-bond donors (Lipinski definition) is 1. The number of methoxy groups -OCH3 is 1. The van der Waals surface area contributed by atoms with E-state index < -0.39 is 0 Å². The Morgan fingerprint density at radius 1 is 1.28 bits per heavy atom. The summed E-state index contributed by atoms with van der Waals surface area (Å²) >= 11 is 0. The predicted molar refractivity (Wildman–Crippen MR) is 69.3 cm³/mol. The molecular formula is C15H19NO2. The minimum absolute atomic E-state index is 0.0313. The van der Waals surface area contributed by atoms with Gasteiger partial charge in [-0.15, -0.1) is 0 Å². The van der Waals surface area contributed by atoms with Gasteiger partial charge in [0, 0.05) is 18.0 Å². The molecule has 0 amide bonds. The Labute approximate surface area is 108 Å². The van der Waals surface area contributed by atoms with E-state index in [2.05, 4.69) is 17.4 Å². The van der Waals surface area contributed by atoms with Gasteiger partial charge in [-0.05, 0) is 24.8 Å². The molecule has 0 spiro atoms. The molecule has 3 nitrogen and oxygen atoms in total. The number of rotatable bonds is 2. The van der Waals surface area contributed by atoms with Crippen LogP contribution in [0.4, 0.5) is 0 Å². The van der Waals surface area contributed by atoms with Crippen molar-refractivity contribution < 1.29 is 9.53 Å². The zero-order valence-corrected chi connectivity index (χ0v) is 10.6. The molecule has 2 saturated heterocycles. The summed E-state index contributed by atoms with van der Waals surface area (Å²) in [5.74, 6) is 0.204. The summed E-state index contributed by atoms with van der Waals surface area (Å²) < 4.78 is 5.01. The van der Waals surface area contributed by atoms with E-state index in [1.54, 1.807) is 0 Å². The molecule has 4 atom stereocenters. The van der Waals surface area contributed by atoms with E-state index in [1.807, 2.05) is 18.2 Å². The molecular weight excluding hydrogens is 226 g/mol. The summed E-state index contributed by atoms with van der Waals surface area (Å²) in [4.78, 5) is 12.1. The highest BCUT2D eigenvalue weighted by Crippen LogP contribution is 2.42. The number of benzene rings is 1. The molecule has 1 N–H and O–H groups in total. The molecule has 0 aromatic heterocycles. The van der Waals surface area contributed by atoms with Crippen LogP contribution in [0.1, 0.15) is 30.7 Å². The van der Waals surface area contributed by atoms with Crippen molar-refractivity contribution in [1.82, 2.24) is 5.32 Å². The number of ether oxygens (including phenoxy) is 1. The van der Waals surface area contributed by atoms with Gasteiger partial charge in [-0.25, -0.2) is 0 Å². The van der Waals surface area contributed by atoms with Crippen molar-refractivity contribution in [3.05, 3.63) is 35.9 Å². The monoisotopic (exact) mass is 245 g/mol. The van der Waals surface area contributed by atoms with Crippen LogP contribution in [0.3, 0.4) is 0 Å². The normalized spacial score (nSPS) is 34.3. The van der Waals surface area contributed by atoms with Crippen LogP contribution in [-0.2, 0) is 9.53 Å². The Hall–Kier alpha value is -1.35. The quantitative estimate of drug-likeness (QED) is 0.811. The van der Waals surface area contributed by atoms with Crippen LogP contribution in [0.25, 0.3) is 0 Å². The highest BCUT2D eigenvalue weighted by Gasteiger charge is 2.46. The zero-order valence-electron chi connectivity index (χ0n) is 10.6. The fourth-order valence-electron chi connectivity index (χ4n) is 3.56. The van der Waals surface area contributed by atoms with Gasteiger partial charge in [0.05, 0.1) is 13.0 Å². The molecule has 1 aromatic rings. The molecule has 2 aliphatic rings. The van der Waals surface area contributed by atoms with E-state index in [1.165, 1.54) is 19.1 Å². The number of fused-ring (bicyclic) bond motifs is 2. The molecule has 2 heterocycles. The summed E-state index contributed by atoms with van der Waals surface area (Å²) in [6.07, 6.45) is 3.32. The van der Waals surface area contributed by atoms with Gasteiger partial charge < -0.3 is 10.1 Å². The van der Waals surface area contributed by atoms with E-state index in [4.69, 9.17) is 4.74 Å². The highest BCUT2D eigenvalue weighted by atomic mass is 16.5. The number of nitrogens with one attached hydrogen (secondary N) is 1. The Bertz CT molecular complexity index is 431. The molecule has 0 unspecified atom stereocenters. The van der Waals surface area contributed by atoms with Gasteiger partial charge >= 0.3 is 5.97 Å². The molecule has 3 rings (SSSR count). The highest BCUT2D eigenvalue weighted by molar-refractivity contribution is 5.75. The number of piperidine rings is 1. The lowest BCUT2D eigenvalue weighted by molar-refractivity contribution is -0.148. The number of carbonyl (C=O) groups is 1. The Kier molecular flexibility index (Phi) is 3.08. The second-order valence-electron chi connectivity index (χ2n) is 5.35. The van der Waals surface area contributed by atoms with Gasteiger partial charge in [0.25, 0.3) is 0 Å². The zero-order chi connectivity index (χ0) is 12.5. The van der Waals surface area contributed by atoms with E-state index in [0.29, 0.717) is 18.0 Å². The van der Waals surface area contributed by atoms with Gasteiger partial charge in [0.1, 0.15) is 0 Å². The molecule has 2 bridgehead atoms. The van der Waals surface area contributed by atoms with Crippen molar-refractivity contribution in [3.63, 3.8) is 0 Å². The summed E-state index contributed by atoms with van der Waals surface area (Å²) in [6, 6.07) is 11.2. The first-order valence-electron chi connectivity index (χ1n) is 6.68. The van der Waals surface area contributed by atoms with Crippen LogP contribution in [0.15, 0.2) is 30.3 Å². The van der Waals surface area contributed by atoms with E-state index in [0.717, 1.165) is 12.8 Å². The minimum atomic E-state index is -0.0679. The van der Waals surface area contributed by atoms with Crippen molar-refractivity contribution in [2.75, 3.05) is 7.11 Å². The van der Waals surface area contributed by atoms with Crippen molar-refractivity contribution >= 4 is 5.97 Å². The first-order chi connectivity index (χ1) is 8.79. The smallest absolute Gasteiger partial charge is 0.310 e. The topological polar surface area (TPSA) is 38.3 Å². The second-order valence-corrected chi connectivity index (χ2v) is 5.35. The Morgan fingerprint density at radius 3 is 2.78 bits per heavy atom. The van der Waals surface area contributed by atoms with Crippen molar-refractivity contribution in [1.29, 1.82) is 0 Å². The van der Waals surface area contributed by atoms with Crippen molar-refractivity contribution in [2.45, 2.75) is 37.3 Å². The third kappa shape index (κ3) is 1.93. The van der Waals surface area contributed by atoms with Gasteiger partial charge in [-0.3, -0.25) is 4.79 Å². The summed E-state index contributed by atoms with van der Waals surface area (Å²) in [7, 11) is 1.49. The first kappa shape index (κ1) is 11.7. The maximum absolute atomic E-state index is 12.1. The molecule has 2 fully saturated rings. The molecule has 0 aliphatic carbocycles. The maximum atomic E-state index is 12.1. The number of hydrogen-bond acceptors (Lipinski definition) is 3. The van der Waals surface area contributed by atoms with E-state index in [9.17, 15) is 4.79 Å². The fourth-order valence-corrected chi connectivity index (χ4v) is 3.56. The van der Waals surface area contributed by atoms with Crippen LogP contribution in [0.2, 0.25) is 0 Å². The fraction of sp³-hybridized carbons (Fsp3) is 0.533. The molecule has 96 valence electrons. The number of esters is 1. The minimum Gasteiger partial charge on any atom is -0.469 e. The molecule has 18 heavy (non-hydrogen) atoms. The predicted octanol–water partition coefficient (Wildman–Crippen LogP) is 2.08. The summed E-state index contributed by atoms with van der Waals surface area (Å²) in [6.45, 7) is 0.